The first-order valence-electron chi connectivity index (χ1n) is 8.79. The fraction of sp³-hybridized carbons (Fsp3) is 0.588. The van der Waals surface area contributed by atoms with E-state index in [0.717, 1.165) is 64.7 Å². The van der Waals surface area contributed by atoms with E-state index in [1.807, 2.05) is 9.34 Å². The predicted molar refractivity (Wildman–Crippen MR) is 92.3 cm³/mol. The van der Waals surface area contributed by atoms with Gasteiger partial charge in [-0.3, -0.25) is 14.4 Å². The van der Waals surface area contributed by atoms with Gasteiger partial charge in [-0.05, 0) is 49.9 Å². The van der Waals surface area contributed by atoms with Crippen molar-refractivity contribution in [3.05, 3.63) is 35.6 Å². The number of carbonyl (C=O) groups excluding carboxylic acids is 1. The molecule has 0 atom stereocenters. The van der Waals surface area contributed by atoms with Crippen LogP contribution in [0.1, 0.15) is 48.9 Å². The zero-order valence-electron chi connectivity index (χ0n) is 13.9. The normalized spacial score (nSPS) is 20.7. The van der Waals surface area contributed by atoms with E-state index in [1.165, 1.54) is 24.3 Å². The van der Waals surface area contributed by atoms with Gasteiger partial charge >= 0.3 is 7.59 Å². The lowest BCUT2D eigenvalue weighted by Crippen LogP contribution is -2.44. The van der Waals surface area contributed by atoms with Crippen LogP contribution in [0.25, 0.3) is 0 Å². The molecular formula is C17H25FN3O2P. The van der Waals surface area contributed by atoms with Crippen LogP contribution in [0.5, 0.6) is 0 Å². The number of rotatable bonds is 4. The standard InChI is InChI=1S/C17H25FN3O2P/c18-16-9-7-15(8-10-16)17(22)19-24(23,20-11-3-1-4-12-20)21-13-5-2-6-14-21/h7-10H,1-6,11-14H2,(H,19,22,23). The molecule has 2 saturated heterocycles. The fourth-order valence-corrected chi connectivity index (χ4v) is 6.10. The van der Waals surface area contributed by atoms with E-state index in [0.29, 0.717) is 5.56 Å². The molecule has 1 amide bonds. The quantitative estimate of drug-likeness (QED) is 0.840. The van der Waals surface area contributed by atoms with Crippen LogP contribution >= 0.6 is 7.59 Å². The Kier molecular flexibility index (Phi) is 5.69. The van der Waals surface area contributed by atoms with Gasteiger partial charge in [-0.2, -0.15) is 0 Å². The van der Waals surface area contributed by atoms with Crippen LogP contribution in [-0.2, 0) is 4.57 Å². The Balaban J connectivity index is 1.81. The molecule has 7 heteroatoms. The van der Waals surface area contributed by atoms with Crippen LogP contribution in [0.2, 0.25) is 0 Å². The van der Waals surface area contributed by atoms with E-state index < -0.39 is 13.5 Å². The van der Waals surface area contributed by atoms with Gasteiger partial charge in [-0.1, -0.05) is 12.8 Å². The molecule has 0 saturated carbocycles. The monoisotopic (exact) mass is 353 g/mol. The molecule has 2 fully saturated rings. The van der Waals surface area contributed by atoms with Gasteiger partial charge < -0.3 is 0 Å². The molecule has 3 rings (SSSR count). The van der Waals surface area contributed by atoms with Crippen molar-refractivity contribution < 1.29 is 13.8 Å². The molecule has 0 bridgehead atoms. The lowest BCUT2D eigenvalue weighted by molar-refractivity contribution is 0.0972. The second kappa shape index (κ2) is 7.77. The maximum absolute atomic E-state index is 13.8. The van der Waals surface area contributed by atoms with Crippen LogP contribution in [0.3, 0.4) is 0 Å². The minimum atomic E-state index is -3.13. The molecule has 5 nitrogen and oxygen atoms in total. The smallest absolute Gasteiger partial charge is 0.279 e. The Morgan fingerprint density at radius 1 is 0.875 bits per heavy atom. The second-order valence-electron chi connectivity index (χ2n) is 6.52. The first-order valence-corrected chi connectivity index (χ1v) is 10.4. The summed E-state index contributed by atoms with van der Waals surface area (Å²) in [7, 11) is -3.13. The summed E-state index contributed by atoms with van der Waals surface area (Å²) in [4.78, 5) is 12.6. The highest BCUT2D eigenvalue weighted by molar-refractivity contribution is 7.57. The summed E-state index contributed by atoms with van der Waals surface area (Å²) in [6.07, 6.45) is 6.30. The fourth-order valence-electron chi connectivity index (χ4n) is 3.42. The number of hydrogen-bond donors (Lipinski definition) is 1. The van der Waals surface area contributed by atoms with Crippen LogP contribution in [0.15, 0.2) is 24.3 Å². The van der Waals surface area contributed by atoms with E-state index >= 15 is 0 Å². The highest BCUT2D eigenvalue weighted by Crippen LogP contribution is 2.51. The number of carbonyl (C=O) groups is 1. The molecule has 2 aliphatic rings. The molecule has 24 heavy (non-hydrogen) atoms. The van der Waals surface area contributed by atoms with Crippen molar-refractivity contribution in [2.45, 2.75) is 38.5 Å². The molecule has 0 aliphatic carbocycles. The summed E-state index contributed by atoms with van der Waals surface area (Å²) >= 11 is 0. The van der Waals surface area contributed by atoms with Crippen LogP contribution in [0.4, 0.5) is 4.39 Å². The SMILES string of the molecule is O=C(NP(=O)(N1CCCCC1)N1CCCCC1)c1ccc(F)cc1. The van der Waals surface area contributed by atoms with Gasteiger partial charge in [0.15, 0.2) is 0 Å². The van der Waals surface area contributed by atoms with E-state index in [9.17, 15) is 13.8 Å². The van der Waals surface area contributed by atoms with Crippen LogP contribution in [0, 0.1) is 5.82 Å². The van der Waals surface area contributed by atoms with Crippen molar-refractivity contribution in [2.24, 2.45) is 0 Å². The molecule has 132 valence electrons. The van der Waals surface area contributed by atoms with Gasteiger partial charge in [-0.15, -0.1) is 0 Å². The Labute approximate surface area is 142 Å². The van der Waals surface area contributed by atoms with Crippen molar-refractivity contribution in [3.8, 4) is 0 Å². The third-order valence-electron chi connectivity index (χ3n) is 4.79. The molecule has 1 aromatic rings. The summed E-state index contributed by atoms with van der Waals surface area (Å²) < 4.78 is 30.8. The van der Waals surface area contributed by atoms with Gasteiger partial charge in [0.05, 0.1) is 0 Å². The highest BCUT2D eigenvalue weighted by atomic mass is 31.2. The maximum Gasteiger partial charge on any atom is 0.311 e. The van der Waals surface area contributed by atoms with Crippen molar-refractivity contribution in [1.82, 2.24) is 14.4 Å². The number of halogens is 1. The van der Waals surface area contributed by atoms with E-state index in [2.05, 4.69) is 5.09 Å². The number of nitrogens with zero attached hydrogens (tertiary/aromatic N) is 2. The topological polar surface area (TPSA) is 52.7 Å². The molecule has 2 aliphatic heterocycles. The largest absolute Gasteiger partial charge is 0.311 e. The number of nitrogens with one attached hydrogen (secondary N) is 1. The Bertz CT molecular complexity index is 589. The van der Waals surface area contributed by atoms with Crippen LogP contribution in [-0.4, -0.2) is 41.4 Å². The predicted octanol–water partition coefficient (Wildman–Crippen LogP) is 3.64. The molecule has 1 aromatic carbocycles. The van der Waals surface area contributed by atoms with Gasteiger partial charge in [0, 0.05) is 31.7 Å². The molecule has 1 N–H and O–H groups in total. The Hall–Kier alpha value is -1.23. The summed E-state index contributed by atoms with van der Waals surface area (Å²) in [5.74, 6) is -0.781. The Morgan fingerprint density at radius 3 is 1.79 bits per heavy atom. The van der Waals surface area contributed by atoms with E-state index in [1.54, 1.807) is 0 Å². The van der Waals surface area contributed by atoms with Crippen LogP contribution < -0.4 is 5.09 Å². The lowest BCUT2D eigenvalue weighted by atomic mass is 10.2. The first kappa shape index (κ1) is 17.6. The van der Waals surface area contributed by atoms with Crippen molar-refractivity contribution in [3.63, 3.8) is 0 Å². The highest BCUT2D eigenvalue weighted by Gasteiger charge is 2.40. The lowest BCUT2D eigenvalue weighted by Gasteiger charge is -2.42. The van der Waals surface area contributed by atoms with Gasteiger partial charge in [0.25, 0.3) is 5.91 Å². The van der Waals surface area contributed by atoms with E-state index in [-0.39, 0.29) is 5.82 Å². The van der Waals surface area contributed by atoms with E-state index in [4.69, 9.17) is 0 Å². The third kappa shape index (κ3) is 3.88. The second-order valence-corrected chi connectivity index (χ2v) is 8.96. The number of amides is 1. The average Bonchev–Trinajstić information content (AvgIpc) is 2.63. The molecule has 0 radical (unpaired) electrons. The summed E-state index contributed by atoms with van der Waals surface area (Å²) in [6, 6.07) is 5.37. The summed E-state index contributed by atoms with van der Waals surface area (Å²) in [5.41, 5.74) is 0.339. The summed E-state index contributed by atoms with van der Waals surface area (Å²) in [5, 5.41) is 2.81. The molecule has 0 unspecified atom stereocenters. The first-order chi connectivity index (χ1) is 11.6. The summed E-state index contributed by atoms with van der Waals surface area (Å²) in [6.45, 7) is 2.99. The number of benzene rings is 1. The third-order valence-corrected chi connectivity index (χ3v) is 7.61. The maximum atomic E-state index is 13.8. The minimum absolute atomic E-state index is 0.339. The molecule has 2 heterocycles. The van der Waals surface area contributed by atoms with Crippen molar-refractivity contribution >= 4 is 13.5 Å². The Morgan fingerprint density at radius 2 is 1.33 bits per heavy atom. The van der Waals surface area contributed by atoms with Crippen molar-refractivity contribution in [1.29, 1.82) is 0 Å². The molecular weight excluding hydrogens is 328 g/mol. The zero-order chi connectivity index (χ0) is 17.0. The minimum Gasteiger partial charge on any atom is -0.279 e. The van der Waals surface area contributed by atoms with Gasteiger partial charge in [0.1, 0.15) is 5.82 Å². The van der Waals surface area contributed by atoms with Gasteiger partial charge in [0.2, 0.25) is 0 Å². The molecule has 0 aromatic heterocycles. The number of hydrogen-bond acceptors (Lipinski definition) is 2. The van der Waals surface area contributed by atoms with Gasteiger partial charge in [-0.25, -0.2) is 13.7 Å². The molecule has 0 spiro atoms. The number of piperidine rings is 2. The average molecular weight is 353 g/mol. The van der Waals surface area contributed by atoms with Crippen molar-refractivity contribution in [2.75, 3.05) is 26.2 Å². The zero-order valence-corrected chi connectivity index (χ0v) is 14.8.